The van der Waals surface area contributed by atoms with Crippen LogP contribution in [0, 0.1) is 17.2 Å². The van der Waals surface area contributed by atoms with Gasteiger partial charge in [0, 0.05) is 18.3 Å². The lowest BCUT2D eigenvalue weighted by molar-refractivity contribution is -0.157. The number of nitriles is 1. The fraction of sp³-hybridized carbons (Fsp3) is 0.875. The van der Waals surface area contributed by atoms with Crippen molar-refractivity contribution in [1.29, 1.82) is 5.26 Å². The van der Waals surface area contributed by atoms with Crippen molar-refractivity contribution < 1.29 is 13.2 Å². The summed E-state index contributed by atoms with van der Waals surface area (Å²) in [5.41, 5.74) is 0. The Bertz CT molecular complexity index is 200. The highest BCUT2D eigenvalue weighted by Gasteiger charge is 2.39. The monoisotopic (exact) mass is 226 g/mol. The van der Waals surface area contributed by atoms with E-state index in [1.807, 2.05) is 13.2 Å². The van der Waals surface area contributed by atoms with Gasteiger partial charge in [0.25, 0.3) is 0 Å². The molecule has 0 amide bonds. The van der Waals surface area contributed by atoms with E-state index in [9.17, 15) is 13.2 Å². The maximum absolute atomic E-state index is 12.1. The molecule has 2 unspecified atom stereocenters. The first kappa shape index (κ1) is 13.6. The molecule has 2 nitrogen and oxygen atoms in total. The number of rotatable bonds is 5. The van der Waals surface area contributed by atoms with Gasteiger partial charge in [-0.15, -0.1) is 0 Å². The van der Waals surface area contributed by atoms with Gasteiger partial charge in [-0.1, -0.05) is 6.92 Å². The van der Waals surface area contributed by atoms with Gasteiger partial charge in [-0.3, -0.25) is 0 Å². The van der Waals surface area contributed by atoms with Gasteiger partial charge < -0.3 is 5.32 Å². The maximum atomic E-state index is 12.1. The fourth-order valence-corrected chi connectivity index (χ4v) is 1.03. The minimum absolute atomic E-state index is 0.252. The van der Waals surface area contributed by atoms with Crippen molar-refractivity contribution >= 4 is 11.8 Å². The van der Waals surface area contributed by atoms with E-state index in [0.29, 0.717) is 6.54 Å². The summed E-state index contributed by atoms with van der Waals surface area (Å²) in [6.45, 7) is 2.06. The fourth-order valence-electron chi connectivity index (χ4n) is 0.749. The second-order valence-electron chi connectivity index (χ2n) is 2.93. The van der Waals surface area contributed by atoms with E-state index < -0.39 is 12.1 Å². The summed E-state index contributed by atoms with van der Waals surface area (Å²) in [4.78, 5) is 0. The average molecular weight is 226 g/mol. The van der Waals surface area contributed by atoms with E-state index >= 15 is 0 Å². The molecule has 14 heavy (non-hydrogen) atoms. The quantitative estimate of drug-likeness (QED) is 0.779. The standard InChI is InChI=1S/C8H13F3N2S/c1-6(14-2)4-13-5-7(3-12)8(9,10)11/h6-7,13H,4-5H2,1-2H3. The number of alkyl halides is 3. The third-order valence-electron chi connectivity index (χ3n) is 1.73. The van der Waals surface area contributed by atoms with Crippen LogP contribution in [-0.2, 0) is 0 Å². The van der Waals surface area contributed by atoms with Crippen molar-refractivity contribution in [2.45, 2.75) is 18.3 Å². The third kappa shape index (κ3) is 5.35. The van der Waals surface area contributed by atoms with Crippen LogP contribution < -0.4 is 5.32 Å². The van der Waals surface area contributed by atoms with Gasteiger partial charge in [0.15, 0.2) is 5.92 Å². The molecule has 0 radical (unpaired) electrons. The molecule has 0 aromatic carbocycles. The SMILES string of the molecule is CSC(C)CNCC(C#N)C(F)(F)F. The highest BCUT2D eigenvalue weighted by Crippen LogP contribution is 2.24. The highest BCUT2D eigenvalue weighted by molar-refractivity contribution is 7.99. The lowest BCUT2D eigenvalue weighted by atomic mass is 10.1. The van der Waals surface area contributed by atoms with Gasteiger partial charge in [0.05, 0.1) is 6.07 Å². The van der Waals surface area contributed by atoms with Gasteiger partial charge in [0.1, 0.15) is 0 Å². The van der Waals surface area contributed by atoms with E-state index in [4.69, 9.17) is 5.26 Å². The average Bonchev–Trinajstić information content (AvgIpc) is 2.09. The third-order valence-corrected chi connectivity index (χ3v) is 2.70. The van der Waals surface area contributed by atoms with Crippen LogP contribution in [0.15, 0.2) is 0 Å². The summed E-state index contributed by atoms with van der Waals surface area (Å²) in [7, 11) is 0. The van der Waals surface area contributed by atoms with Crippen LogP contribution in [0.25, 0.3) is 0 Å². The Morgan fingerprint density at radius 2 is 2.00 bits per heavy atom. The largest absolute Gasteiger partial charge is 0.405 e. The van der Waals surface area contributed by atoms with Crippen LogP contribution in [0.5, 0.6) is 0 Å². The molecule has 1 N–H and O–H groups in total. The van der Waals surface area contributed by atoms with E-state index in [1.54, 1.807) is 11.8 Å². The molecule has 0 aliphatic heterocycles. The minimum atomic E-state index is -4.43. The number of nitrogens with one attached hydrogen (secondary N) is 1. The van der Waals surface area contributed by atoms with Crippen molar-refractivity contribution in [2.24, 2.45) is 5.92 Å². The smallest absolute Gasteiger partial charge is 0.314 e. The van der Waals surface area contributed by atoms with E-state index in [2.05, 4.69) is 5.32 Å². The van der Waals surface area contributed by atoms with E-state index in [0.717, 1.165) is 0 Å². The molecule has 0 aliphatic carbocycles. The van der Waals surface area contributed by atoms with Gasteiger partial charge in [-0.2, -0.15) is 30.2 Å². The van der Waals surface area contributed by atoms with E-state index in [-0.39, 0.29) is 11.8 Å². The topological polar surface area (TPSA) is 35.8 Å². The van der Waals surface area contributed by atoms with Crippen molar-refractivity contribution in [1.82, 2.24) is 5.32 Å². The Morgan fingerprint density at radius 3 is 2.36 bits per heavy atom. The van der Waals surface area contributed by atoms with Gasteiger partial charge in [0.2, 0.25) is 0 Å². The van der Waals surface area contributed by atoms with Crippen LogP contribution in [0.1, 0.15) is 6.92 Å². The molecule has 2 atom stereocenters. The molecule has 82 valence electrons. The Kier molecular flexibility index (Phi) is 5.96. The van der Waals surface area contributed by atoms with Crippen molar-refractivity contribution in [3.05, 3.63) is 0 Å². The summed E-state index contributed by atoms with van der Waals surface area (Å²) in [6, 6.07) is 1.24. The molecule has 0 rings (SSSR count). The Morgan fingerprint density at radius 1 is 1.43 bits per heavy atom. The first-order chi connectivity index (χ1) is 6.41. The molecule has 0 fully saturated rings. The Labute approximate surface area is 85.9 Å². The highest BCUT2D eigenvalue weighted by atomic mass is 32.2. The first-order valence-electron chi connectivity index (χ1n) is 4.11. The van der Waals surface area contributed by atoms with Crippen LogP contribution >= 0.6 is 11.8 Å². The number of hydrogen-bond donors (Lipinski definition) is 1. The zero-order valence-corrected chi connectivity index (χ0v) is 8.87. The van der Waals surface area contributed by atoms with Crippen LogP contribution in [0.4, 0.5) is 13.2 Å². The number of hydrogen-bond acceptors (Lipinski definition) is 3. The van der Waals surface area contributed by atoms with Gasteiger partial charge in [-0.25, -0.2) is 0 Å². The predicted octanol–water partition coefficient (Wildman–Crippen LogP) is 2.03. The Balaban J connectivity index is 3.82. The van der Waals surface area contributed by atoms with Gasteiger partial charge >= 0.3 is 6.18 Å². The molecular weight excluding hydrogens is 213 g/mol. The molecule has 0 aromatic heterocycles. The summed E-state index contributed by atoms with van der Waals surface area (Å²) in [6.07, 6.45) is -2.54. The molecular formula is C8H13F3N2S. The summed E-state index contributed by atoms with van der Waals surface area (Å²) in [5.74, 6) is -1.91. The van der Waals surface area contributed by atoms with Crippen molar-refractivity contribution in [3.8, 4) is 6.07 Å². The number of nitrogens with zero attached hydrogens (tertiary/aromatic N) is 1. The minimum Gasteiger partial charge on any atom is -0.314 e. The molecule has 0 heterocycles. The summed E-state index contributed by atoms with van der Waals surface area (Å²) >= 11 is 1.56. The van der Waals surface area contributed by atoms with Crippen molar-refractivity contribution in [2.75, 3.05) is 19.3 Å². The molecule has 0 saturated carbocycles. The number of halogens is 3. The molecule has 0 aliphatic rings. The summed E-state index contributed by atoms with van der Waals surface area (Å²) < 4.78 is 36.2. The predicted molar refractivity (Wildman–Crippen MR) is 51.0 cm³/mol. The van der Waals surface area contributed by atoms with Crippen LogP contribution in [-0.4, -0.2) is 30.8 Å². The molecule has 6 heteroatoms. The lowest BCUT2D eigenvalue weighted by Crippen LogP contribution is -2.34. The molecule has 0 spiro atoms. The second-order valence-corrected chi connectivity index (χ2v) is 4.20. The van der Waals surface area contributed by atoms with Crippen LogP contribution in [0.3, 0.4) is 0 Å². The Hall–Kier alpha value is -0.410. The molecule has 0 aromatic rings. The maximum Gasteiger partial charge on any atom is 0.405 e. The van der Waals surface area contributed by atoms with Crippen LogP contribution in [0.2, 0.25) is 0 Å². The summed E-state index contributed by atoms with van der Waals surface area (Å²) in [5, 5.41) is 11.2. The number of thioether (sulfide) groups is 1. The molecule has 0 bridgehead atoms. The van der Waals surface area contributed by atoms with Crippen molar-refractivity contribution in [3.63, 3.8) is 0 Å². The van der Waals surface area contributed by atoms with E-state index in [1.165, 1.54) is 6.07 Å². The zero-order chi connectivity index (χ0) is 11.2. The first-order valence-corrected chi connectivity index (χ1v) is 5.40. The molecule has 0 saturated heterocycles. The van der Waals surface area contributed by atoms with Gasteiger partial charge in [-0.05, 0) is 6.26 Å². The zero-order valence-electron chi connectivity index (χ0n) is 8.06. The second kappa shape index (κ2) is 6.14. The lowest BCUT2D eigenvalue weighted by Gasteiger charge is -2.15. The normalized spacial score (nSPS) is 16.0.